The summed E-state index contributed by atoms with van der Waals surface area (Å²) in [5, 5.41) is 30.3. The number of hydrogen-bond donors (Lipinski definition) is 4. The van der Waals surface area contributed by atoms with Crippen molar-refractivity contribution in [2.75, 3.05) is 6.54 Å². The molecule has 0 atom stereocenters. The molecule has 2 aromatic carbocycles. The van der Waals surface area contributed by atoms with Gasteiger partial charge in [0.1, 0.15) is 12.4 Å². The van der Waals surface area contributed by atoms with E-state index in [2.05, 4.69) is 4.98 Å². The number of rotatable bonds is 7. The Balaban J connectivity index is 2.19. The number of carbonyl (C=O) groups is 3. The van der Waals surface area contributed by atoms with Gasteiger partial charge in [0.05, 0.1) is 12.1 Å². The lowest BCUT2D eigenvalue weighted by atomic mass is 10.1. The van der Waals surface area contributed by atoms with Crippen LogP contribution < -0.4 is 10.9 Å². The number of carboxylic acid groups (broad SMARTS) is 2. The van der Waals surface area contributed by atoms with Gasteiger partial charge < -0.3 is 20.6 Å². The van der Waals surface area contributed by atoms with Crippen LogP contribution in [0.15, 0.2) is 59.4 Å². The van der Waals surface area contributed by atoms with Crippen LogP contribution in [0.4, 0.5) is 0 Å². The third kappa shape index (κ3) is 4.75. The molecule has 0 saturated carbocycles. The zero-order chi connectivity index (χ0) is 22.5. The minimum absolute atomic E-state index is 0.0290. The quantitative estimate of drug-likeness (QED) is 0.441. The number of hydrogen-bond acceptors (Lipinski definition) is 6. The van der Waals surface area contributed by atoms with Gasteiger partial charge >= 0.3 is 11.9 Å². The van der Waals surface area contributed by atoms with Crippen LogP contribution in [0.25, 0.3) is 11.4 Å². The Morgan fingerprint density at radius 1 is 1.00 bits per heavy atom. The molecule has 0 fully saturated rings. The Kier molecular flexibility index (Phi) is 6.10. The fourth-order valence-corrected chi connectivity index (χ4v) is 2.91. The van der Waals surface area contributed by atoms with Crippen molar-refractivity contribution in [1.82, 2.24) is 14.9 Å². The number of aromatic carboxylic acids is 1. The monoisotopic (exact) mass is 423 g/mol. The number of benzene rings is 2. The van der Waals surface area contributed by atoms with Crippen LogP contribution in [0.5, 0.6) is 5.88 Å². The lowest BCUT2D eigenvalue weighted by Crippen LogP contribution is -2.36. The number of aromatic hydroxyl groups is 1. The van der Waals surface area contributed by atoms with E-state index in [0.717, 1.165) is 4.57 Å². The van der Waals surface area contributed by atoms with Gasteiger partial charge in [0.15, 0.2) is 5.56 Å². The van der Waals surface area contributed by atoms with Crippen LogP contribution in [0.2, 0.25) is 0 Å². The Labute approximate surface area is 175 Å². The van der Waals surface area contributed by atoms with Gasteiger partial charge in [-0.25, -0.2) is 4.79 Å². The van der Waals surface area contributed by atoms with Crippen molar-refractivity contribution in [3.63, 3.8) is 0 Å². The van der Waals surface area contributed by atoms with Gasteiger partial charge in [-0.1, -0.05) is 42.5 Å². The van der Waals surface area contributed by atoms with Crippen LogP contribution in [-0.2, 0) is 11.3 Å². The number of carbonyl (C=O) groups excluding carboxylic acids is 1. The third-order valence-corrected chi connectivity index (χ3v) is 4.33. The van der Waals surface area contributed by atoms with E-state index in [1.54, 1.807) is 30.3 Å². The van der Waals surface area contributed by atoms with Gasteiger partial charge in [-0.15, -0.1) is 0 Å². The highest BCUT2D eigenvalue weighted by Gasteiger charge is 2.24. The van der Waals surface area contributed by atoms with Gasteiger partial charge in [-0.3, -0.25) is 19.0 Å². The first-order valence-corrected chi connectivity index (χ1v) is 8.99. The molecular weight excluding hydrogens is 406 g/mol. The summed E-state index contributed by atoms with van der Waals surface area (Å²) in [5.74, 6) is -4.55. The number of aromatic nitrogens is 2. The van der Waals surface area contributed by atoms with E-state index in [4.69, 9.17) is 5.11 Å². The van der Waals surface area contributed by atoms with Gasteiger partial charge in [-0.2, -0.15) is 4.98 Å². The van der Waals surface area contributed by atoms with Crippen LogP contribution in [0.3, 0.4) is 0 Å². The number of carboxylic acids is 2. The Bertz CT molecular complexity index is 1220. The molecule has 1 aromatic heterocycles. The molecule has 0 saturated heterocycles. The summed E-state index contributed by atoms with van der Waals surface area (Å²) in [7, 11) is 0. The largest absolute Gasteiger partial charge is 0.493 e. The first-order valence-electron chi connectivity index (χ1n) is 8.99. The summed E-state index contributed by atoms with van der Waals surface area (Å²) >= 11 is 0. The second kappa shape index (κ2) is 8.91. The van der Waals surface area contributed by atoms with Gasteiger partial charge in [0.2, 0.25) is 5.88 Å². The number of aliphatic carboxylic acids is 1. The van der Waals surface area contributed by atoms with Crippen LogP contribution in [0.1, 0.15) is 26.3 Å². The van der Waals surface area contributed by atoms with Gasteiger partial charge in [0.25, 0.3) is 11.5 Å². The normalized spacial score (nSPS) is 10.5. The second-order valence-electron chi connectivity index (χ2n) is 6.47. The molecular formula is C21H17N3O7. The zero-order valence-corrected chi connectivity index (χ0v) is 16.0. The average Bonchev–Trinajstić information content (AvgIpc) is 2.75. The first-order chi connectivity index (χ1) is 14.8. The molecule has 1 amide bonds. The molecule has 158 valence electrons. The summed E-state index contributed by atoms with van der Waals surface area (Å²) in [6.07, 6.45) is 0. The summed E-state index contributed by atoms with van der Waals surface area (Å²) < 4.78 is 1.12. The van der Waals surface area contributed by atoms with Crippen LogP contribution >= 0.6 is 0 Å². The van der Waals surface area contributed by atoms with Crippen molar-refractivity contribution in [3.05, 3.63) is 81.6 Å². The van der Waals surface area contributed by atoms with E-state index in [-0.39, 0.29) is 23.5 Å². The molecule has 10 nitrogen and oxygen atoms in total. The first kappa shape index (κ1) is 21.2. The van der Waals surface area contributed by atoms with E-state index in [9.17, 15) is 29.4 Å². The molecule has 4 N–H and O–H groups in total. The van der Waals surface area contributed by atoms with Gasteiger partial charge in [-0.05, 0) is 17.7 Å². The van der Waals surface area contributed by atoms with E-state index >= 15 is 0 Å². The lowest BCUT2D eigenvalue weighted by Gasteiger charge is -2.15. The number of amides is 1. The van der Waals surface area contributed by atoms with Crippen LogP contribution in [-0.4, -0.2) is 49.3 Å². The lowest BCUT2D eigenvalue weighted by molar-refractivity contribution is -0.135. The summed E-state index contributed by atoms with van der Waals surface area (Å²) in [5.41, 5.74) is -0.753. The Morgan fingerprint density at radius 2 is 1.71 bits per heavy atom. The highest BCUT2D eigenvalue weighted by atomic mass is 16.4. The molecule has 0 unspecified atom stereocenters. The molecule has 3 rings (SSSR count). The standard InChI is InChI=1S/C21H17N3O7/c25-15(26)10-22-18(27)16-19(28)23-17(13-7-4-8-14(9-13)21(30)31)24(20(16)29)11-12-5-2-1-3-6-12/h1-9,28H,10-11H2,(H,22,27)(H,25,26)(H,30,31). The minimum Gasteiger partial charge on any atom is -0.493 e. The molecule has 0 bridgehead atoms. The molecule has 0 aliphatic heterocycles. The van der Waals surface area contributed by atoms with Crippen molar-refractivity contribution in [1.29, 1.82) is 0 Å². The fraction of sp³-hybridized carbons (Fsp3) is 0.0952. The number of nitrogens with one attached hydrogen (secondary N) is 1. The topological polar surface area (TPSA) is 159 Å². The molecule has 3 aromatic rings. The maximum absolute atomic E-state index is 13.1. The van der Waals surface area contributed by atoms with Crippen molar-refractivity contribution in [2.24, 2.45) is 0 Å². The van der Waals surface area contributed by atoms with Crippen molar-refractivity contribution in [2.45, 2.75) is 6.54 Å². The van der Waals surface area contributed by atoms with E-state index in [0.29, 0.717) is 5.56 Å². The molecule has 0 spiro atoms. The second-order valence-corrected chi connectivity index (χ2v) is 6.47. The highest BCUT2D eigenvalue weighted by Crippen LogP contribution is 2.22. The fourth-order valence-electron chi connectivity index (χ4n) is 2.91. The summed E-state index contributed by atoms with van der Waals surface area (Å²) in [6.45, 7) is -0.780. The van der Waals surface area contributed by atoms with E-state index in [1.165, 1.54) is 24.3 Å². The van der Waals surface area contributed by atoms with Gasteiger partial charge in [0, 0.05) is 5.56 Å². The SMILES string of the molecule is O=C(O)CNC(=O)c1c(O)nc(-c2cccc(C(=O)O)c2)n(Cc2ccccc2)c1=O. The van der Waals surface area contributed by atoms with Crippen molar-refractivity contribution >= 4 is 17.8 Å². The Morgan fingerprint density at radius 3 is 2.35 bits per heavy atom. The Hall–Kier alpha value is -4.47. The zero-order valence-electron chi connectivity index (χ0n) is 16.0. The maximum atomic E-state index is 13.1. The average molecular weight is 423 g/mol. The predicted octanol–water partition coefficient (Wildman–Crippen LogP) is 1.18. The summed E-state index contributed by atoms with van der Waals surface area (Å²) in [6, 6.07) is 14.4. The summed E-state index contributed by atoms with van der Waals surface area (Å²) in [4.78, 5) is 51.5. The number of nitrogens with zero attached hydrogens (tertiary/aromatic N) is 2. The predicted molar refractivity (Wildman–Crippen MR) is 108 cm³/mol. The molecule has 31 heavy (non-hydrogen) atoms. The molecule has 0 aliphatic rings. The maximum Gasteiger partial charge on any atom is 0.335 e. The molecule has 10 heteroatoms. The van der Waals surface area contributed by atoms with Crippen LogP contribution in [0, 0.1) is 0 Å². The van der Waals surface area contributed by atoms with E-state index in [1.807, 2.05) is 5.32 Å². The third-order valence-electron chi connectivity index (χ3n) is 4.33. The van der Waals surface area contributed by atoms with Crippen molar-refractivity contribution in [3.8, 4) is 17.3 Å². The smallest absolute Gasteiger partial charge is 0.335 e. The molecule has 0 aliphatic carbocycles. The highest BCUT2D eigenvalue weighted by molar-refractivity contribution is 5.97. The molecule has 0 radical (unpaired) electrons. The minimum atomic E-state index is -1.33. The van der Waals surface area contributed by atoms with E-state index < -0.39 is 41.4 Å². The van der Waals surface area contributed by atoms with Crippen molar-refractivity contribution < 1.29 is 29.7 Å². The molecule has 1 heterocycles.